The van der Waals surface area contributed by atoms with E-state index in [1.165, 1.54) is 27.2 Å². The number of carbonyl (C=O) groups is 5. The molecule has 6 rings (SSSR count). The van der Waals surface area contributed by atoms with Gasteiger partial charge in [-0.05, 0) is 31.0 Å². The monoisotopic (exact) mass is 681 g/mol. The smallest absolute Gasteiger partial charge is 0.341 e. The lowest BCUT2D eigenvalue weighted by Crippen LogP contribution is -2.63. The van der Waals surface area contributed by atoms with E-state index < -0.39 is 111 Å². The number of nitrogens with one attached hydrogen (secondary N) is 1. The molecule has 0 amide bonds. The van der Waals surface area contributed by atoms with Gasteiger partial charge in [0.2, 0.25) is 11.6 Å². The van der Waals surface area contributed by atoms with E-state index in [1.807, 2.05) is 0 Å². The molecule has 49 heavy (non-hydrogen) atoms. The van der Waals surface area contributed by atoms with Gasteiger partial charge < -0.3 is 49.4 Å². The van der Waals surface area contributed by atoms with Crippen LogP contribution < -0.4 is 5.32 Å². The maximum absolute atomic E-state index is 14.5. The van der Waals surface area contributed by atoms with E-state index in [0.29, 0.717) is 0 Å². The Bertz CT molecular complexity index is 1870. The van der Waals surface area contributed by atoms with E-state index >= 15 is 0 Å². The number of allylic oxidation sites excluding steroid dienone is 2. The summed E-state index contributed by atoms with van der Waals surface area (Å²) in [6.07, 6.45) is -5.87. The normalized spacial score (nSPS) is 30.5. The molecule has 2 aromatic carbocycles. The molecular weight excluding hydrogens is 646 g/mol. The zero-order valence-electron chi connectivity index (χ0n) is 27.4. The second kappa shape index (κ2) is 12.1. The Labute approximate surface area is 279 Å². The van der Waals surface area contributed by atoms with Crippen LogP contribution >= 0.6 is 0 Å². The molecule has 1 heterocycles. The number of rotatable bonds is 6. The van der Waals surface area contributed by atoms with Crippen LogP contribution in [0.1, 0.15) is 81.3 Å². The van der Waals surface area contributed by atoms with Gasteiger partial charge in [-0.2, -0.15) is 0 Å². The number of aromatic hydroxyl groups is 2. The van der Waals surface area contributed by atoms with Crippen molar-refractivity contribution in [2.24, 2.45) is 0 Å². The summed E-state index contributed by atoms with van der Waals surface area (Å²) in [7, 11) is 4.88. The first kappa shape index (κ1) is 34.4. The Hall–Kier alpha value is -4.51. The number of ketones is 4. The number of phenolic OH excluding ortho intramolecular Hbond substituents is 2. The van der Waals surface area contributed by atoms with Gasteiger partial charge in [0.05, 0.1) is 42.1 Å². The summed E-state index contributed by atoms with van der Waals surface area (Å²) in [6, 6.07) is 2.49. The lowest BCUT2D eigenvalue weighted by Gasteiger charge is -2.48. The molecule has 1 saturated heterocycles. The number of aliphatic hydroxyl groups excluding tert-OH is 2. The Morgan fingerprint density at radius 2 is 1.63 bits per heavy atom. The molecule has 0 aromatic heterocycles. The van der Waals surface area contributed by atoms with E-state index in [2.05, 4.69) is 5.32 Å². The molecule has 15 nitrogen and oxygen atoms in total. The lowest BCUT2D eigenvalue weighted by molar-refractivity contribution is -0.236. The van der Waals surface area contributed by atoms with Crippen LogP contribution in [0, 0.1) is 6.92 Å². The summed E-state index contributed by atoms with van der Waals surface area (Å²) in [4.78, 5) is 68.9. The van der Waals surface area contributed by atoms with Gasteiger partial charge in [0.15, 0.2) is 23.4 Å². The van der Waals surface area contributed by atoms with Crippen LogP contribution in [0.25, 0.3) is 0 Å². The van der Waals surface area contributed by atoms with E-state index in [1.54, 1.807) is 6.92 Å². The molecule has 4 aliphatic rings. The van der Waals surface area contributed by atoms with Gasteiger partial charge in [-0.3, -0.25) is 19.2 Å². The minimum absolute atomic E-state index is 0.161. The third-order valence-electron chi connectivity index (χ3n) is 10.0. The van der Waals surface area contributed by atoms with Gasteiger partial charge in [0.25, 0.3) is 0 Å². The fraction of sp³-hybridized carbons (Fsp3) is 0.441. The van der Waals surface area contributed by atoms with Gasteiger partial charge in [0, 0.05) is 50.5 Å². The number of fused-ring (bicyclic) bond motifs is 5. The van der Waals surface area contributed by atoms with E-state index in [-0.39, 0.29) is 34.4 Å². The molecule has 0 saturated carbocycles. The molecule has 1 fully saturated rings. The molecule has 3 aliphatic carbocycles. The topological polar surface area (TPSA) is 224 Å². The average molecular weight is 682 g/mol. The third kappa shape index (κ3) is 4.68. The number of Topliss-reactive ketones (excluding diaryl/α,β-unsaturated/α-hetero) is 3. The highest BCUT2D eigenvalue weighted by atomic mass is 16.6. The number of phenols is 2. The Kier molecular flexibility index (Phi) is 8.50. The maximum Gasteiger partial charge on any atom is 0.341 e. The zero-order valence-corrected chi connectivity index (χ0v) is 27.4. The largest absolute Gasteiger partial charge is 0.507 e. The van der Waals surface area contributed by atoms with Crippen LogP contribution in [0.2, 0.25) is 0 Å². The van der Waals surface area contributed by atoms with Crippen molar-refractivity contribution in [2.75, 3.05) is 28.4 Å². The first-order chi connectivity index (χ1) is 23.2. The molecule has 0 spiro atoms. The summed E-state index contributed by atoms with van der Waals surface area (Å²) < 4.78 is 27.0. The molecule has 8 atom stereocenters. The second-order valence-corrected chi connectivity index (χ2v) is 12.4. The van der Waals surface area contributed by atoms with Gasteiger partial charge in [-0.25, -0.2) is 4.79 Å². The van der Waals surface area contributed by atoms with Gasteiger partial charge in [0.1, 0.15) is 35.4 Å². The van der Waals surface area contributed by atoms with Gasteiger partial charge in [-0.15, -0.1) is 0 Å². The summed E-state index contributed by atoms with van der Waals surface area (Å²) in [5, 5.41) is 47.9. The number of benzene rings is 2. The molecular formula is C34H35NO14. The summed E-state index contributed by atoms with van der Waals surface area (Å²) in [5.41, 5.74) is -4.69. The second-order valence-electron chi connectivity index (χ2n) is 12.4. The van der Waals surface area contributed by atoms with Crippen molar-refractivity contribution in [3.8, 4) is 11.5 Å². The predicted octanol–water partition coefficient (Wildman–Crippen LogP) is 0.646. The molecule has 0 radical (unpaired) electrons. The van der Waals surface area contributed by atoms with Crippen LogP contribution in [0.15, 0.2) is 23.9 Å². The van der Waals surface area contributed by atoms with E-state index in [9.17, 15) is 44.4 Å². The lowest BCUT2D eigenvalue weighted by atomic mass is 9.59. The molecule has 2 aromatic rings. The fourth-order valence-electron chi connectivity index (χ4n) is 7.74. The Morgan fingerprint density at radius 1 is 0.959 bits per heavy atom. The highest BCUT2D eigenvalue weighted by molar-refractivity contribution is 6.30. The Morgan fingerprint density at radius 3 is 2.24 bits per heavy atom. The van der Waals surface area contributed by atoms with Crippen LogP contribution in [-0.4, -0.2) is 120 Å². The standard InChI is InChI=1S/C34H35NO14/c1-11-7-13-8-18(37)34(48-6)23(20(13)26(40)19(11)33(44)47-5)25(39)15-9-14-21(27(41)22(15)31(34)43)17(36)10-16(24(14)38)35-32-30(46-4)28(42)29(45-3)12(2)49-32/h7,9-10,12,18,23,28-30,32,35,37,40-42H,8H2,1-6H3. The molecule has 1 aliphatic heterocycles. The number of hydrogen-bond acceptors (Lipinski definition) is 15. The van der Waals surface area contributed by atoms with E-state index in [0.717, 1.165) is 26.4 Å². The minimum Gasteiger partial charge on any atom is -0.507 e. The number of ether oxygens (including phenoxy) is 5. The number of methoxy groups -OCH3 is 4. The average Bonchev–Trinajstić information content (AvgIpc) is 3.05. The van der Waals surface area contributed by atoms with Crippen LogP contribution in [0.3, 0.4) is 0 Å². The summed E-state index contributed by atoms with van der Waals surface area (Å²) >= 11 is 0. The van der Waals surface area contributed by atoms with Crippen LogP contribution in [0.5, 0.6) is 11.5 Å². The zero-order chi connectivity index (χ0) is 35.9. The van der Waals surface area contributed by atoms with Gasteiger partial charge in [-0.1, -0.05) is 6.07 Å². The van der Waals surface area contributed by atoms with Crippen molar-refractivity contribution < 1.29 is 68.1 Å². The number of esters is 1. The van der Waals surface area contributed by atoms with Crippen molar-refractivity contribution in [1.82, 2.24) is 5.32 Å². The first-order valence-corrected chi connectivity index (χ1v) is 15.3. The third-order valence-corrected chi connectivity index (χ3v) is 10.0. The number of aryl methyl sites for hydroxylation is 1. The fourth-order valence-corrected chi connectivity index (χ4v) is 7.74. The SMILES string of the molecule is COC(=O)c1c(C)cc2c(c1O)C1C(=O)c3cc4c(c(O)c3C(=O)C1(OC)C(O)C2)C(=O)C=C(NC1OC(C)C(OC)C(O)C1OC)C4=O. The quantitative estimate of drug-likeness (QED) is 0.264. The first-order valence-electron chi connectivity index (χ1n) is 15.3. The summed E-state index contributed by atoms with van der Waals surface area (Å²) in [5.74, 6) is -8.05. The Balaban J connectivity index is 1.48. The van der Waals surface area contributed by atoms with Gasteiger partial charge >= 0.3 is 5.97 Å². The molecule has 15 heteroatoms. The highest BCUT2D eigenvalue weighted by Crippen LogP contribution is 2.54. The van der Waals surface area contributed by atoms with Crippen molar-refractivity contribution in [3.05, 3.63) is 68.4 Å². The maximum atomic E-state index is 14.5. The molecule has 0 bridgehead atoms. The predicted molar refractivity (Wildman–Crippen MR) is 165 cm³/mol. The number of carbonyl (C=O) groups excluding carboxylic acids is 5. The molecule has 8 unspecified atom stereocenters. The van der Waals surface area contributed by atoms with Crippen molar-refractivity contribution in [1.29, 1.82) is 0 Å². The summed E-state index contributed by atoms with van der Waals surface area (Å²) in [6.45, 7) is 3.16. The number of aliphatic hydroxyl groups is 2. The van der Waals surface area contributed by atoms with E-state index in [4.69, 9.17) is 23.7 Å². The van der Waals surface area contributed by atoms with Crippen molar-refractivity contribution >= 4 is 29.1 Å². The van der Waals surface area contributed by atoms with Crippen LogP contribution in [-0.2, 0) is 30.1 Å². The molecule has 5 N–H and O–H groups in total. The van der Waals surface area contributed by atoms with Crippen molar-refractivity contribution in [2.45, 2.75) is 68.5 Å². The van der Waals surface area contributed by atoms with Crippen LogP contribution in [0.4, 0.5) is 0 Å². The minimum atomic E-state index is -2.39. The molecule has 260 valence electrons. The number of hydrogen-bond donors (Lipinski definition) is 5. The van der Waals surface area contributed by atoms with Crippen molar-refractivity contribution in [3.63, 3.8) is 0 Å². The highest BCUT2D eigenvalue weighted by Gasteiger charge is 2.63.